The van der Waals surface area contributed by atoms with Crippen molar-refractivity contribution >= 4 is 39.9 Å². The summed E-state index contributed by atoms with van der Waals surface area (Å²) in [5.74, 6) is -0.0692. The first-order valence-electron chi connectivity index (χ1n) is 7.39. The number of nitro groups is 1. The first kappa shape index (κ1) is 17.4. The third-order valence-corrected chi connectivity index (χ3v) is 4.11. The van der Waals surface area contributed by atoms with Crippen LogP contribution in [0.1, 0.15) is 11.1 Å². The maximum absolute atomic E-state index is 11.0. The molecule has 0 fully saturated rings. The predicted molar refractivity (Wildman–Crippen MR) is 93.1 cm³/mol. The Kier molecular flexibility index (Phi) is 4.60. The zero-order valence-electron chi connectivity index (χ0n) is 13.5. The van der Waals surface area contributed by atoms with Crippen molar-refractivity contribution in [2.75, 3.05) is 0 Å². The summed E-state index contributed by atoms with van der Waals surface area (Å²) in [6, 6.07) is 5.46. The van der Waals surface area contributed by atoms with Crippen LogP contribution in [0.15, 0.2) is 24.5 Å². The number of benzene rings is 1. The van der Waals surface area contributed by atoms with Crippen LogP contribution in [0.2, 0.25) is 5.15 Å². The lowest BCUT2D eigenvalue weighted by Gasteiger charge is -1.95. The Labute approximate surface area is 152 Å². The van der Waals surface area contributed by atoms with E-state index in [0.29, 0.717) is 24.2 Å². The van der Waals surface area contributed by atoms with Crippen molar-refractivity contribution in [2.45, 2.75) is 12.8 Å². The molecule has 130 valence electrons. The van der Waals surface area contributed by atoms with Crippen LogP contribution in [0, 0.1) is 16.7 Å². The maximum atomic E-state index is 11.0. The van der Waals surface area contributed by atoms with Gasteiger partial charge in [0.2, 0.25) is 0 Å². The van der Waals surface area contributed by atoms with Gasteiger partial charge < -0.3 is 10.1 Å². The summed E-state index contributed by atoms with van der Waals surface area (Å²) in [6.45, 7) is 6.80. The Morgan fingerprint density at radius 3 is 2.73 bits per heavy atom. The van der Waals surface area contributed by atoms with Crippen LogP contribution in [0.3, 0.4) is 0 Å². The van der Waals surface area contributed by atoms with E-state index in [4.69, 9.17) is 18.2 Å². The van der Waals surface area contributed by atoms with Crippen LogP contribution in [0.4, 0.5) is 11.5 Å². The molecule has 2 aromatic heterocycles. The van der Waals surface area contributed by atoms with Crippen molar-refractivity contribution in [3.63, 3.8) is 0 Å². The number of nitrogens with zero attached hydrogens (tertiary/aromatic N) is 6. The van der Waals surface area contributed by atoms with Crippen LogP contribution >= 0.6 is 11.6 Å². The number of halogens is 1. The molecule has 0 radical (unpaired) electrons. The first-order chi connectivity index (χ1) is 12.4. The van der Waals surface area contributed by atoms with Gasteiger partial charge in [0, 0.05) is 12.8 Å². The number of rotatable bonds is 1. The molecular weight excluding hydrogens is 360 g/mol. The standard InChI is InChI=1S/C10H7NO.C6H4ClN5O2/c1-11-9-3-2-7-5-10(12)6-8(7)4-9;1-11-5-3(4(7)8-2-9-5)6(10-11)12(13)14/h2-4H,5-6H2;2H,1H3. The van der Waals surface area contributed by atoms with E-state index >= 15 is 0 Å². The zero-order chi connectivity index (χ0) is 18.8. The molecule has 0 aliphatic heterocycles. The summed E-state index contributed by atoms with van der Waals surface area (Å²) in [5.41, 5.74) is 3.10. The van der Waals surface area contributed by atoms with E-state index in [2.05, 4.69) is 19.9 Å². The molecule has 0 spiro atoms. The van der Waals surface area contributed by atoms with Crippen LogP contribution in [0.5, 0.6) is 0 Å². The van der Waals surface area contributed by atoms with E-state index in [9.17, 15) is 14.9 Å². The fraction of sp³-hybridized carbons (Fsp3) is 0.188. The van der Waals surface area contributed by atoms with E-state index in [1.54, 1.807) is 13.1 Å². The highest BCUT2D eigenvalue weighted by atomic mass is 35.5. The number of ketones is 1. The average molecular weight is 371 g/mol. The van der Waals surface area contributed by atoms with Gasteiger partial charge in [-0.25, -0.2) is 14.8 Å². The second-order valence-corrected chi connectivity index (χ2v) is 5.88. The largest absolute Gasteiger partial charge is 0.402 e. The van der Waals surface area contributed by atoms with E-state index in [-0.39, 0.29) is 22.1 Å². The van der Waals surface area contributed by atoms with Gasteiger partial charge in [-0.15, -0.1) is 0 Å². The molecule has 10 heteroatoms. The van der Waals surface area contributed by atoms with Gasteiger partial charge in [-0.2, -0.15) is 4.68 Å². The number of carbonyl (C=O) groups is 1. The Balaban J connectivity index is 0.000000152. The Bertz CT molecular complexity index is 1090. The lowest BCUT2D eigenvalue weighted by Crippen LogP contribution is -1.93. The number of Topliss-reactive ketones (excluding diaryl/α,β-unsaturated/α-hetero) is 1. The monoisotopic (exact) mass is 370 g/mol. The molecule has 2 heterocycles. The molecule has 1 aliphatic carbocycles. The minimum absolute atomic E-state index is 0.0369. The Morgan fingerprint density at radius 1 is 1.31 bits per heavy atom. The number of aromatic nitrogens is 4. The summed E-state index contributed by atoms with van der Waals surface area (Å²) >= 11 is 5.71. The molecule has 0 bridgehead atoms. The second kappa shape index (κ2) is 6.85. The van der Waals surface area contributed by atoms with Crippen molar-refractivity contribution in [1.82, 2.24) is 19.7 Å². The van der Waals surface area contributed by atoms with Gasteiger partial charge in [-0.05, 0) is 16.1 Å². The van der Waals surface area contributed by atoms with Gasteiger partial charge >= 0.3 is 5.82 Å². The molecule has 0 saturated carbocycles. The topological polar surface area (TPSA) is 108 Å². The van der Waals surface area contributed by atoms with Crippen molar-refractivity contribution < 1.29 is 9.72 Å². The maximum Gasteiger partial charge on any atom is 0.402 e. The smallest absolute Gasteiger partial charge is 0.358 e. The molecule has 26 heavy (non-hydrogen) atoms. The fourth-order valence-corrected chi connectivity index (χ4v) is 2.88. The summed E-state index contributed by atoms with van der Waals surface area (Å²) in [4.78, 5) is 31.8. The van der Waals surface area contributed by atoms with E-state index in [1.165, 1.54) is 11.0 Å². The highest BCUT2D eigenvalue weighted by Crippen LogP contribution is 2.27. The van der Waals surface area contributed by atoms with Gasteiger partial charge in [0.25, 0.3) is 0 Å². The number of aryl methyl sites for hydroxylation is 1. The lowest BCUT2D eigenvalue weighted by molar-refractivity contribution is -0.388. The number of fused-ring (bicyclic) bond motifs is 2. The second-order valence-electron chi connectivity index (χ2n) is 5.52. The SMILES string of the molecule is Cn1nc([N+](=O)[O-])c2c(Cl)ncnc21.[C-]#[N+]c1ccc2c(c1)CC(=O)C2. The van der Waals surface area contributed by atoms with Crippen molar-refractivity contribution in [3.05, 3.63) is 62.3 Å². The minimum Gasteiger partial charge on any atom is -0.358 e. The van der Waals surface area contributed by atoms with Gasteiger partial charge in [0.15, 0.2) is 21.9 Å². The van der Waals surface area contributed by atoms with E-state index < -0.39 is 4.92 Å². The molecular formula is C16H11ClN6O3. The summed E-state index contributed by atoms with van der Waals surface area (Å²) < 4.78 is 1.29. The van der Waals surface area contributed by atoms with Crippen LogP contribution in [0.25, 0.3) is 15.9 Å². The quantitative estimate of drug-likeness (QED) is 0.282. The van der Waals surface area contributed by atoms with E-state index in [0.717, 1.165) is 11.1 Å². The molecule has 0 amide bonds. The van der Waals surface area contributed by atoms with Gasteiger partial charge in [-0.1, -0.05) is 29.8 Å². The lowest BCUT2D eigenvalue weighted by atomic mass is 10.1. The molecule has 0 saturated heterocycles. The summed E-state index contributed by atoms with van der Waals surface area (Å²) in [6.07, 6.45) is 2.29. The average Bonchev–Trinajstić information content (AvgIpc) is 3.15. The third kappa shape index (κ3) is 3.22. The van der Waals surface area contributed by atoms with Gasteiger partial charge in [-0.3, -0.25) is 4.79 Å². The number of hydrogen-bond acceptors (Lipinski definition) is 6. The predicted octanol–water partition coefficient (Wildman–Crippen LogP) is 2.83. The third-order valence-electron chi connectivity index (χ3n) is 3.82. The molecule has 0 atom stereocenters. The van der Waals surface area contributed by atoms with Crippen LogP contribution in [-0.4, -0.2) is 30.5 Å². The van der Waals surface area contributed by atoms with E-state index in [1.807, 2.05) is 12.1 Å². The van der Waals surface area contributed by atoms with Gasteiger partial charge in [0.1, 0.15) is 12.1 Å². The van der Waals surface area contributed by atoms with Crippen molar-refractivity contribution in [3.8, 4) is 0 Å². The highest BCUT2D eigenvalue weighted by Gasteiger charge is 2.23. The van der Waals surface area contributed by atoms with Crippen LogP contribution in [-0.2, 0) is 24.7 Å². The molecule has 9 nitrogen and oxygen atoms in total. The van der Waals surface area contributed by atoms with Gasteiger partial charge in [0.05, 0.1) is 18.7 Å². The molecule has 4 rings (SSSR count). The zero-order valence-corrected chi connectivity index (χ0v) is 14.3. The normalized spacial score (nSPS) is 12.3. The van der Waals surface area contributed by atoms with Crippen molar-refractivity contribution in [1.29, 1.82) is 0 Å². The Hall–Kier alpha value is -3.38. The fourth-order valence-electron chi connectivity index (χ4n) is 2.67. The highest BCUT2D eigenvalue weighted by molar-refractivity contribution is 6.34. The molecule has 1 aromatic carbocycles. The van der Waals surface area contributed by atoms with Crippen molar-refractivity contribution in [2.24, 2.45) is 7.05 Å². The number of hydrogen-bond donors (Lipinski definition) is 0. The first-order valence-corrected chi connectivity index (χ1v) is 7.77. The number of carbonyl (C=O) groups excluding carboxylic acids is 1. The molecule has 0 unspecified atom stereocenters. The summed E-state index contributed by atoms with van der Waals surface area (Å²) in [5, 5.41) is 14.5. The van der Waals surface area contributed by atoms with Crippen LogP contribution < -0.4 is 0 Å². The summed E-state index contributed by atoms with van der Waals surface area (Å²) in [7, 11) is 1.55. The molecule has 0 N–H and O–H groups in total. The Morgan fingerprint density at radius 2 is 2.04 bits per heavy atom. The molecule has 1 aliphatic rings. The molecule has 3 aromatic rings. The minimum atomic E-state index is -0.614.